The van der Waals surface area contributed by atoms with Gasteiger partial charge in [0.1, 0.15) is 5.75 Å². The molecular formula is C19H22N2O4S. The van der Waals surface area contributed by atoms with Gasteiger partial charge in [0.2, 0.25) is 10.0 Å². The standard InChI is InChI=1S/C19H22N2O4S/c1-14-10-12-21(13-11-14)26(24,25)16-8-6-15(7-9-16)19(23)20-17-4-2-3-5-18(17)22/h2-9,14,22H,10-13H2,1H3,(H,20,23). The molecule has 2 N–H and O–H groups in total. The van der Waals surface area contributed by atoms with E-state index in [0.29, 0.717) is 30.3 Å². The fraction of sp³-hybridized carbons (Fsp3) is 0.316. The molecule has 0 radical (unpaired) electrons. The molecule has 0 aromatic heterocycles. The Hall–Kier alpha value is -2.38. The van der Waals surface area contributed by atoms with Gasteiger partial charge in [-0.3, -0.25) is 4.79 Å². The van der Waals surface area contributed by atoms with E-state index in [-0.39, 0.29) is 10.6 Å². The number of hydrogen-bond acceptors (Lipinski definition) is 4. The molecule has 1 aliphatic heterocycles. The summed E-state index contributed by atoms with van der Waals surface area (Å²) in [6, 6.07) is 12.3. The second-order valence-corrected chi connectivity index (χ2v) is 8.52. The highest BCUT2D eigenvalue weighted by atomic mass is 32.2. The van der Waals surface area contributed by atoms with Crippen LogP contribution in [0.2, 0.25) is 0 Å². The van der Waals surface area contributed by atoms with Crippen LogP contribution in [-0.4, -0.2) is 36.8 Å². The number of carbonyl (C=O) groups excluding carboxylic acids is 1. The van der Waals surface area contributed by atoms with Gasteiger partial charge >= 0.3 is 0 Å². The van der Waals surface area contributed by atoms with E-state index in [1.807, 2.05) is 0 Å². The largest absolute Gasteiger partial charge is 0.506 e. The van der Waals surface area contributed by atoms with Gasteiger partial charge in [0, 0.05) is 18.7 Å². The molecule has 1 amide bonds. The fourth-order valence-electron chi connectivity index (χ4n) is 2.93. The Morgan fingerprint density at radius 2 is 1.69 bits per heavy atom. The van der Waals surface area contributed by atoms with Crippen LogP contribution in [0.5, 0.6) is 5.75 Å². The normalized spacial score (nSPS) is 16.3. The summed E-state index contributed by atoms with van der Waals surface area (Å²) in [6.45, 7) is 3.18. The molecule has 0 aliphatic carbocycles. The number of hydrogen-bond donors (Lipinski definition) is 2. The zero-order valence-electron chi connectivity index (χ0n) is 14.6. The van der Waals surface area contributed by atoms with Crippen molar-refractivity contribution in [3.63, 3.8) is 0 Å². The Balaban J connectivity index is 1.74. The average molecular weight is 374 g/mol. The Morgan fingerprint density at radius 3 is 2.31 bits per heavy atom. The Kier molecular flexibility index (Phi) is 5.29. The topological polar surface area (TPSA) is 86.7 Å². The summed E-state index contributed by atoms with van der Waals surface area (Å²) < 4.78 is 26.9. The van der Waals surface area contributed by atoms with Crippen molar-refractivity contribution in [3.8, 4) is 5.75 Å². The lowest BCUT2D eigenvalue weighted by molar-refractivity contribution is 0.102. The van der Waals surface area contributed by atoms with Gasteiger partial charge in [-0.1, -0.05) is 19.1 Å². The predicted octanol–water partition coefficient (Wildman–Crippen LogP) is 3.07. The summed E-state index contributed by atoms with van der Waals surface area (Å²) in [6.07, 6.45) is 1.72. The third-order valence-electron chi connectivity index (χ3n) is 4.65. The van der Waals surface area contributed by atoms with Gasteiger partial charge in [-0.25, -0.2) is 8.42 Å². The number of nitrogens with zero attached hydrogens (tertiary/aromatic N) is 1. The number of phenols is 1. The van der Waals surface area contributed by atoms with Crippen LogP contribution in [0.25, 0.3) is 0 Å². The van der Waals surface area contributed by atoms with E-state index in [4.69, 9.17) is 0 Å². The average Bonchev–Trinajstić information content (AvgIpc) is 2.64. The molecular weight excluding hydrogens is 352 g/mol. The Bertz CT molecular complexity index is 886. The second-order valence-electron chi connectivity index (χ2n) is 6.58. The zero-order valence-corrected chi connectivity index (χ0v) is 15.4. The van der Waals surface area contributed by atoms with Crippen molar-refractivity contribution in [1.29, 1.82) is 0 Å². The summed E-state index contributed by atoms with van der Waals surface area (Å²) in [5.74, 6) is 0.101. The van der Waals surface area contributed by atoms with Crippen molar-refractivity contribution < 1.29 is 18.3 Å². The number of anilines is 1. The van der Waals surface area contributed by atoms with E-state index < -0.39 is 15.9 Å². The smallest absolute Gasteiger partial charge is 0.255 e. The van der Waals surface area contributed by atoms with E-state index in [0.717, 1.165) is 12.8 Å². The molecule has 1 fully saturated rings. The SMILES string of the molecule is CC1CCN(S(=O)(=O)c2ccc(C(=O)Nc3ccccc3O)cc2)CC1. The maximum atomic E-state index is 12.7. The maximum Gasteiger partial charge on any atom is 0.255 e. The third kappa shape index (κ3) is 3.89. The van der Waals surface area contributed by atoms with E-state index in [1.165, 1.54) is 34.6 Å². The number of aromatic hydroxyl groups is 1. The molecule has 26 heavy (non-hydrogen) atoms. The van der Waals surface area contributed by atoms with Crippen molar-refractivity contribution in [2.45, 2.75) is 24.7 Å². The maximum absolute atomic E-state index is 12.7. The quantitative estimate of drug-likeness (QED) is 0.805. The van der Waals surface area contributed by atoms with Crippen molar-refractivity contribution in [1.82, 2.24) is 4.31 Å². The molecule has 0 spiro atoms. The lowest BCUT2D eigenvalue weighted by Gasteiger charge is -2.29. The summed E-state index contributed by atoms with van der Waals surface area (Å²) in [7, 11) is -3.53. The van der Waals surface area contributed by atoms with Crippen LogP contribution in [0.4, 0.5) is 5.69 Å². The number of para-hydroxylation sites is 2. The van der Waals surface area contributed by atoms with Crippen molar-refractivity contribution in [2.24, 2.45) is 5.92 Å². The van der Waals surface area contributed by atoms with Gasteiger partial charge < -0.3 is 10.4 Å². The molecule has 2 aromatic carbocycles. The number of sulfonamides is 1. The first-order valence-electron chi connectivity index (χ1n) is 8.57. The number of benzene rings is 2. The first-order chi connectivity index (χ1) is 12.4. The summed E-state index contributed by atoms with van der Waals surface area (Å²) in [5.41, 5.74) is 0.621. The summed E-state index contributed by atoms with van der Waals surface area (Å²) in [4.78, 5) is 12.5. The molecule has 0 bridgehead atoms. The lowest BCUT2D eigenvalue weighted by Crippen LogP contribution is -2.37. The van der Waals surface area contributed by atoms with Gasteiger partial charge in [0.15, 0.2) is 0 Å². The van der Waals surface area contributed by atoms with Crippen LogP contribution in [0.1, 0.15) is 30.1 Å². The van der Waals surface area contributed by atoms with E-state index in [1.54, 1.807) is 18.2 Å². The fourth-order valence-corrected chi connectivity index (χ4v) is 4.40. The van der Waals surface area contributed by atoms with Crippen molar-refractivity contribution >= 4 is 21.6 Å². The molecule has 0 unspecified atom stereocenters. The van der Waals surface area contributed by atoms with E-state index in [9.17, 15) is 18.3 Å². The molecule has 1 heterocycles. The van der Waals surface area contributed by atoms with Gasteiger partial charge in [-0.15, -0.1) is 0 Å². The number of piperidine rings is 1. The highest BCUT2D eigenvalue weighted by Gasteiger charge is 2.28. The van der Waals surface area contributed by atoms with Crippen molar-refractivity contribution in [3.05, 3.63) is 54.1 Å². The molecule has 6 nitrogen and oxygen atoms in total. The number of carbonyl (C=O) groups is 1. The van der Waals surface area contributed by atoms with Crippen LogP contribution >= 0.6 is 0 Å². The first kappa shape index (κ1) is 18.4. The lowest BCUT2D eigenvalue weighted by atomic mass is 10.0. The van der Waals surface area contributed by atoms with Crippen LogP contribution in [0.15, 0.2) is 53.4 Å². The van der Waals surface area contributed by atoms with Crippen LogP contribution in [-0.2, 0) is 10.0 Å². The molecule has 7 heteroatoms. The number of phenolic OH excluding ortho intramolecular Hbond substituents is 1. The van der Waals surface area contributed by atoms with Crippen LogP contribution in [0.3, 0.4) is 0 Å². The van der Waals surface area contributed by atoms with Crippen molar-refractivity contribution in [2.75, 3.05) is 18.4 Å². The molecule has 1 saturated heterocycles. The van der Waals surface area contributed by atoms with Gasteiger partial charge in [-0.2, -0.15) is 4.31 Å². The zero-order chi connectivity index (χ0) is 18.7. The molecule has 138 valence electrons. The minimum absolute atomic E-state index is 0.0284. The number of amides is 1. The third-order valence-corrected chi connectivity index (χ3v) is 6.56. The van der Waals surface area contributed by atoms with Gasteiger partial charge in [0.05, 0.1) is 10.6 Å². The van der Waals surface area contributed by atoms with Gasteiger partial charge in [0.25, 0.3) is 5.91 Å². The van der Waals surface area contributed by atoms with E-state index in [2.05, 4.69) is 12.2 Å². The molecule has 1 aliphatic rings. The highest BCUT2D eigenvalue weighted by Crippen LogP contribution is 2.25. The molecule has 0 saturated carbocycles. The number of rotatable bonds is 4. The summed E-state index contributed by atoms with van der Waals surface area (Å²) >= 11 is 0. The Labute approximate surface area is 153 Å². The first-order valence-corrected chi connectivity index (χ1v) is 10.0. The second kappa shape index (κ2) is 7.47. The minimum Gasteiger partial charge on any atom is -0.506 e. The van der Waals surface area contributed by atoms with Gasteiger partial charge in [-0.05, 0) is 55.2 Å². The summed E-state index contributed by atoms with van der Waals surface area (Å²) in [5, 5.41) is 12.3. The molecule has 0 atom stereocenters. The predicted molar refractivity (Wildman–Crippen MR) is 99.7 cm³/mol. The molecule has 3 rings (SSSR count). The van der Waals surface area contributed by atoms with Crippen LogP contribution in [0, 0.1) is 5.92 Å². The number of nitrogens with one attached hydrogen (secondary N) is 1. The monoisotopic (exact) mass is 374 g/mol. The molecule has 2 aromatic rings. The van der Waals surface area contributed by atoms with E-state index >= 15 is 0 Å². The van der Waals surface area contributed by atoms with Crippen LogP contribution < -0.4 is 5.32 Å². The highest BCUT2D eigenvalue weighted by molar-refractivity contribution is 7.89. The minimum atomic E-state index is -3.53. The Morgan fingerprint density at radius 1 is 1.08 bits per heavy atom.